The summed E-state index contributed by atoms with van der Waals surface area (Å²) in [6.07, 6.45) is 14.6. The molecule has 5 nitrogen and oxygen atoms in total. The summed E-state index contributed by atoms with van der Waals surface area (Å²) >= 11 is 0. The average molecular weight is 476 g/mol. The van der Waals surface area contributed by atoms with Crippen molar-refractivity contribution in [1.82, 2.24) is 4.90 Å². The maximum absolute atomic E-state index is 11.3. The molecule has 2 unspecified atom stereocenters. The monoisotopic (exact) mass is 475 g/mol. The summed E-state index contributed by atoms with van der Waals surface area (Å²) < 4.78 is 6.70. The van der Waals surface area contributed by atoms with E-state index in [1.54, 1.807) is 0 Å². The van der Waals surface area contributed by atoms with Gasteiger partial charge in [-0.15, -0.1) is 0 Å². The Balaban J connectivity index is 1.78. The van der Waals surface area contributed by atoms with E-state index in [0.717, 1.165) is 25.8 Å². The molecule has 1 aliphatic heterocycles. The highest BCUT2D eigenvalue weighted by molar-refractivity contribution is 5.36. The van der Waals surface area contributed by atoms with Crippen LogP contribution in [-0.4, -0.2) is 64.8 Å². The van der Waals surface area contributed by atoms with Gasteiger partial charge in [-0.25, -0.2) is 0 Å². The topological polar surface area (TPSA) is 73.2 Å². The Kier molecular flexibility index (Phi) is 9.47. The SMILES string of the molecule is CCCCCCC(C)(C)C1=CC2OC(C)(C)[C@H]3CC=C(CN(CCO)CCO)CC3[C@@H]2C(O)=C1. The van der Waals surface area contributed by atoms with Crippen LogP contribution in [0, 0.1) is 23.2 Å². The van der Waals surface area contributed by atoms with Gasteiger partial charge in [-0.1, -0.05) is 64.2 Å². The van der Waals surface area contributed by atoms with Crippen molar-refractivity contribution < 1.29 is 20.1 Å². The van der Waals surface area contributed by atoms with Crippen molar-refractivity contribution in [2.24, 2.45) is 23.2 Å². The molecule has 2 aliphatic carbocycles. The third-order valence-electron chi connectivity index (χ3n) is 8.51. The van der Waals surface area contributed by atoms with Crippen LogP contribution in [0.4, 0.5) is 0 Å². The molecule has 4 atom stereocenters. The molecule has 5 heteroatoms. The largest absolute Gasteiger partial charge is 0.512 e. The van der Waals surface area contributed by atoms with Gasteiger partial charge < -0.3 is 20.1 Å². The summed E-state index contributed by atoms with van der Waals surface area (Å²) in [5.74, 6) is 1.15. The van der Waals surface area contributed by atoms with Crippen LogP contribution in [0.15, 0.2) is 35.1 Å². The fourth-order valence-corrected chi connectivity index (χ4v) is 6.46. The molecule has 0 saturated carbocycles. The van der Waals surface area contributed by atoms with E-state index in [1.165, 1.54) is 36.8 Å². The van der Waals surface area contributed by atoms with Crippen molar-refractivity contribution in [3.63, 3.8) is 0 Å². The van der Waals surface area contributed by atoms with Gasteiger partial charge in [0, 0.05) is 25.6 Å². The molecule has 0 aromatic heterocycles. The lowest BCUT2D eigenvalue weighted by atomic mass is 9.61. The van der Waals surface area contributed by atoms with Gasteiger partial charge in [0.15, 0.2) is 0 Å². The van der Waals surface area contributed by atoms with Crippen molar-refractivity contribution in [3.05, 3.63) is 35.1 Å². The van der Waals surface area contributed by atoms with E-state index in [4.69, 9.17) is 4.74 Å². The third-order valence-corrected chi connectivity index (χ3v) is 8.51. The number of nitrogens with zero attached hydrogens (tertiary/aromatic N) is 1. The van der Waals surface area contributed by atoms with Crippen LogP contribution in [0.1, 0.15) is 79.6 Å². The molecule has 3 rings (SSSR count). The van der Waals surface area contributed by atoms with Crippen LogP contribution >= 0.6 is 0 Å². The van der Waals surface area contributed by atoms with Crippen LogP contribution < -0.4 is 0 Å². The Labute approximate surface area is 207 Å². The predicted octanol–water partition coefficient (Wildman–Crippen LogP) is 5.40. The summed E-state index contributed by atoms with van der Waals surface area (Å²) in [7, 11) is 0. The average Bonchev–Trinajstić information content (AvgIpc) is 2.76. The van der Waals surface area contributed by atoms with E-state index in [1.807, 2.05) is 6.08 Å². The number of aliphatic hydroxyl groups is 3. The van der Waals surface area contributed by atoms with Gasteiger partial charge in [-0.3, -0.25) is 4.90 Å². The highest BCUT2D eigenvalue weighted by atomic mass is 16.5. The Bertz CT molecular complexity index is 760. The molecule has 0 radical (unpaired) electrons. The first-order valence-corrected chi connectivity index (χ1v) is 13.6. The van der Waals surface area contributed by atoms with Gasteiger partial charge in [0.25, 0.3) is 0 Å². The fourth-order valence-electron chi connectivity index (χ4n) is 6.46. The lowest BCUT2D eigenvalue weighted by molar-refractivity contribution is -0.177. The fraction of sp³-hybridized carbons (Fsp3) is 0.793. The van der Waals surface area contributed by atoms with E-state index < -0.39 is 0 Å². The number of hydrogen-bond acceptors (Lipinski definition) is 5. The Morgan fingerprint density at radius 1 is 1.12 bits per heavy atom. The first-order valence-electron chi connectivity index (χ1n) is 13.6. The van der Waals surface area contributed by atoms with Crippen molar-refractivity contribution in [1.29, 1.82) is 0 Å². The summed E-state index contributed by atoms with van der Waals surface area (Å²) in [4.78, 5) is 2.11. The lowest BCUT2D eigenvalue weighted by Gasteiger charge is -2.54. The molecule has 194 valence electrons. The Hall–Kier alpha value is -1.14. The zero-order valence-corrected chi connectivity index (χ0v) is 22.2. The minimum atomic E-state index is -0.256. The molecular formula is C29H49NO4. The van der Waals surface area contributed by atoms with Gasteiger partial charge in [-0.2, -0.15) is 0 Å². The molecule has 34 heavy (non-hydrogen) atoms. The van der Waals surface area contributed by atoms with Crippen molar-refractivity contribution >= 4 is 0 Å². The summed E-state index contributed by atoms with van der Waals surface area (Å²) in [5, 5.41) is 30.1. The Morgan fingerprint density at radius 3 is 2.47 bits per heavy atom. The van der Waals surface area contributed by atoms with Crippen LogP contribution in [0.2, 0.25) is 0 Å². The molecule has 0 aromatic rings. The lowest BCUT2D eigenvalue weighted by Crippen LogP contribution is -2.55. The maximum atomic E-state index is 11.3. The molecule has 3 N–H and O–H groups in total. The first-order chi connectivity index (χ1) is 16.1. The van der Waals surface area contributed by atoms with Gasteiger partial charge in [0.05, 0.1) is 30.7 Å². The molecule has 0 aromatic carbocycles. The number of hydrogen-bond donors (Lipinski definition) is 3. The molecule has 1 saturated heterocycles. The van der Waals surface area contributed by atoms with Gasteiger partial charge in [0.2, 0.25) is 0 Å². The first kappa shape index (κ1) is 27.4. The van der Waals surface area contributed by atoms with Crippen LogP contribution in [0.3, 0.4) is 0 Å². The van der Waals surface area contributed by atoms with Crippen molar-refractivity contribution in [2.45, 2.75) is 91.3 Å². The molecule has 1 heterocycles. The number of rotatable bonds is 12. The third kappa shape index (κ3) is 6.34. The number of fused-ring (bicyclic) bond motifs is 3. The number of ether oxygens (including phenoxy) is 1. The van der Waals surface area contributed by atoms with Crippen LogP contribution in [-0.2, 0) is 4.74 Å². The van der Waals surface area contributed by atoms with Gasteiger partial charge >= 0.3 is 0 Å². The van der Waals surface area contributed by atoms with E-state index in [2.05, 4.69) is 51.7 Å². The quantitative estimate of drug-likeness (QED) is 0.260. The van der Waals surface area contributed by atoms with E-state index in [9.17, 15) is 15.3 Å². The zero-order chi connectivity index (χ0) is 24.9. The van der Waals surface area contributed by atoms with Gasteiger partial charge in [-0.05, 0) is 62.0 Å². The summed E-state index contributed by atoms with van der Waals surface area (Å²) in [5.41, 5.74) is 2.32. The molecule has 0 amide bonds. The van der Waals surface area contributed by atoms with E-state index in [-0.39, 0.29) is 36.3 Å². The summed E-state index contributed by atoms with van der Waals surface area (Å²) in [6.45, 7) is 13.3. The minimum absolute atomic E-state index is 0.00880. The smallest absolute Gasteiger partial charge is 0.0988 e. The van der Waals surface area contributed by atoms with Gasteiger partial charge in [0.1, 0.15) is 0 Å². The Morgan fingerprint density at radius 2 is 1.82 bits per heavy atom. The number of aliphatic hydroxyl groups excluding tert-OH is 3. The maximum Gasteiger partial charge on any atom is 0.0988 e. The molecule has 0 bridgehead atoms. The molecular weight excluding hydrogens is 426 g/mol. The highest BCUT2D eigenvalue weighted by Crippen LogP contribution is 2.53. The normalized spacial score (nSPS) is 28.6. The predicted molar refractivity (Wildman–Crippen MR) is 139 cm³/mol. The van der Waals surface area contributed by atoms with Crippen molar-refractivity contribution in [2.75, 3.05) is 32.8 Å². The molecule has 0 spiro atoms. The second kappa shape index (κ2) is 11.7. The summed E-state index contributed by atoms with van der Waals surface area (Å²) in [6, 6.07) is 0. The second-order valence-electron chi connectivity index (χ2n) is 11.9. The van der Waals surface area contributed by atoms with Crippen LogP contribution in [0.25, 0.3) is 0 Å². The number of unbranched alkanes of at least 4 members (excludes halogenated alkanes) is 3. The molecule has 1 fully saturated rings. The van der Waals surface area contributed by atoms with Crippen LogP contribution in [0.5, 0.6) is 0 Å². The zero-order valence-electron chi connectivity index (χ0n) is 22.2. The number of allylic oxidation sites excluding steroid dienone is 3. The standard InChI is InChI=1S/C29H49NO4/c1-6-7-8-9-12-28(2,3)22-18-25(33)27-23-17-21(20-30(13-15-31)14-16-32)10-11-24(23)29(4,5)34-26(27)19-22/h10,18-19,23-24,26-27,31-33H,6-9,11-17,20H2,1-5H3/t23?,24-,26?,27+/m0/s1. The van der Waals surface area contributed by atoms with Crippen molar-refractivity contribution in [3.8, 4) is 0 Å². The minimum Gasteiger partial charge on any atom is -0.512 e. The van der Waals surface area contributed by atoms with E-state index >= 15 is 0 Å². The molecule has 3 aliphatic rings. The highest BCUT2D eigenvalue weighted by Gasteiger charge is 2.52. The second-order valence-corrected chi connectivity index (χ2v) is 11.9. The van der Waals surface area contributed by atoms with E-state index in [0.29, 0.717) is 30.7 Å².